The third-order valence-electron chi connectivity index (χ3n) is 2.59. The van der Waals surface area contributed by atoms with Crippen LogP contribution in [0.2, 0.25) is 5.02 Å². The Bertz CT molecular complexity index is 502. The van der Waals surface area contributed by atoms with Crippen molar-refractivity contribution in [2.45, 2.75) is 12.5 Å². The molecule has 0 spiro atoms. The van der Waals surface area contributed by atoms with Gasteiger partial charge in [0, 0.05) is 24.0 Å². The van der Waals surface area contributed by atoms with Crippen LogP contribution in [-0.2, 0) is 6.42 Å². The van der Waals surface area contributed by atoms with Crippen molar-refractivity contribution < 1.29 is 4.39 Å². The highest BCUT2D eigenvalue weighted by atomic mass is 35.5. The third-order valence-corrected chi connectivity index (χ3v) is 2.88. The maximum absolute atomic E-state index is 13.7. The van der Waals surface area contributed by atoms with Crippen LogP contribution in [-0.4, -0.2) is 4.98 Å². The average Bonchev–Trinajstić information content (AvgIpc) is 2.34. The highest BCUT2D eigenvalue weighted by molar-refractivity contribution is 6.30. The summed E-state index contributed by atoms with van der Waals surface area (Å²) in [6, 6.07) is 8.20. The molecule has 1 aromatic heterocycles. The van der Waals surface area contributed by atoms with Crippen molar-refractivity contribution in [2.24, 2.45) is 5.73 Å². The van der Waals surface area contributed by atoms with Crippen molar-refractivity contribution in [1.82, 2.24) is 4.98 Å². The molecule has 4 heteroatoms. The van der Waals surface area contributed by atoms with E-state index in [2.05, 4.69) is 4.98 Å². The molecule has 0 amide bonds. The molecule has 0 saturated carbocycles. The lowest BCUT2D eigenvalue weighted by Gasteiger charge is -2.13. The van der Waals surface area contributed by atoms with Gasteiger partial charge in [-0.2, -0.15) is 0 Å². The van der Waals surface area contributed by atoms with Gasteiger partial charge in [-0.25, -0.2) is 4.39 Å². The minimum absolute atomic E-state index is 0.104. The van der Waals surface area contributed by atoms with Crippen LogP contribution in [0.25, 0.3) is 0 Å². The van der Waals surface area contributed by atoms with Crippen LogP contribution in [0.1, 0.15) is 17.2 Å². The van der Waals surface area contributed by atoms with E-state index in [1.54, 1.807) is 24.5 Å². The van der Waals surface area contributed by atoms with Gasteiger partial charge in [-0.05, 0) is 30.2 Å². The highest BCUT2D eigenvalue weighted by Gasteiger charge is 2.13. The Hall–Kier alpha value is -1.45. The van der Waals surface area contributed by atoms with Gasteiger partial charge in [-0.15, -0.1) is 0 Å². The van der Waals surface area contributed by atoms with Gasteiger partial charge < -0.3 is 5.73 Å². The van der Waals surface area contributed by atoms with Gasteiger partial charge in [0.05, 0.1) is 5.02 Å². The number of aromatic nitrogens is 1. The Morgan fingerprint density at radius 3 is 2.65 bits per heavy atom. The van der Waals surface area contributed by atoms with Gasteiger partial charge in [-0.1, -0.05) is 23.7 Å². The highest BCUT2D eigenvalue weighted by Crippen LogP contribution is 2.24. The lowest BCUT2D eigenvalue weighted by atomic mass is 10.00. The lowest BCUT2D eigenvalue weighted by Crippen LogP contribution is -2.15. The van der Waals surface area contributed by atoms with Gasteiger partial charge in [-0.3, -0.25) is 4.98 Å². The Kier molecular flexibility index (Phi) is 3.71. The molecular formula is C13H12ClFN2. The Morgan fingerprint density at radius 2 is 1.94 bits per heavy atom. The van der Waals surface area contributed by atoms with Crippen molar-refractivity contribution >= 4 is 11.6 Å². The van der Waals surface area contributed by atoms with Gasteiger partial charge in [0.2, 0.25) is 0 Å². The first-order valence-electron chi connectivity index (χ1n) is 5.27. The van der Waals surface area contributed by atoms with E-state index in [9.17, 15) is 4.39 Å². The molecule has 1 unspecified atom stereocenters. The van der Waals surface area contributed by atoms with E-state index in [0.717, 1.165) is 5.56 Å². The number of pyridine rings is 1. The summed E-state index contributed by atoms with van der Waals surface area (Å²) in [6.07, 6.45) is 3.94. The molecule has 1 aromatic carbocycles. The summed E-state index contributed by atoms with van der Waals surface area (Å²) in [4.78, 5) is 3.92. The molecule has 88 valence electrons. The van der Waals surface area contributed by atoms with Gasteiger partial charge in [0.1, 0.15) is 5.82 Å². The van der Waals surface area contributed by atoms with E-state index >= 15 is 0 Å². The topological polar surface area (TPSA) is 38.9 Å². The third kappa shape index (κ3) is 2.81. The van der Waals surface area contributed by atoms with E-state index in [4.69, 9.17) is 17.3 Å². The second kappa shape index (κ2) is 5.25. The summed E-state index contributed by atoms with van der Waals surface area (Å²) in [6.45, 7) is 0. The molecule has 2 aromatic rings. The molecule has 0 fully saturated rings. The molecular weight excluding hydrogens is 239 g/mol. The van der Waals surface area contributed by atoms with Gasteiger partial charge >= 0.3 is 0 Å². The van der Waals surface area contributed by atoms with E-state index in [1.165, 1.54) is 6.07 Å². The fourth-order valence-corrected chi connectivity index (χ4v) is 1.87. The zero-order chi connectivity index (χ0) is 12.3. The van der Waals surface area contributed by atoms with E-state index in [1.807, 2.05) is 12.1 Å². The van der Waals surface area contributed by atoms with Crippen LogP contribution >= 0.6 is 11.6 Å². The van der Waals surface area contributed by atoms with Crippen molar-refractivity contribution in [2.75, 3.05) is 0 Å². The summed E-state index contributed by atoms with van der Waals surface area (Å²) >= 11 is 5.72. The van der Waals surface area contributed by atoms with Crippen molar-refractivity contribution in [3.8, 4) is 0 Å². The summed E-state index contributed by atoms with van der Waals surface area (Å²) in [5.41, 5.74) is 7.44. The molecule has 0 saturated heterocycles. The average molecular weight is 251 g/mol. The Morgan fingerprint density at radius 1 is 1.24 bits per heavy atom. The molecule has 1 heterocycles. The number of rotatable bonds is 3. The quantitative estimate of drug-likeness (QED) is 0.909. The van der Waals surface area contributed by atoms with Crippen LogP contribution in [0.4, 0.5) is 4.39 Å². The number of hydrogen-bond acceptors (Lipinski definition) is 2. The minimum atomic E-state index is -0.435. The fraction of sp³-hybridized carbons (Fsp3) is 0.154. The number of nitrogens with two attached hydrogens (primary N) is 1. The summed E-state index contributed by atoms with van der Waals surface area (Å²) in [7, 11) is 0. The van der Waals surface area contributed by atoms with Crippen LogP contribution in [0.15, 0.2) is 42.7 Å². The zero-order valence-corrected chi connectivity index (χ0v) is 9.86. The predicted octanol–water partition coefficient (Wildman–Crippen LogP) is 3.12. The maximum atomic E-state index is 13.7. The van der Waals surface area contributed by atoms with Crippen molar-refractivity contribution in [3.63, 3.8) is 0 Å². The van der Waals surface area contributed by atoms with Gasteiger partial charge in [0.25, 0.3) is 0 Å². The zero-order valence-electron chi connectivity index (χ0n) is 9.11. The second-order valence-electron chi connectivity index (χ2n) is 3.81. The second-order valence-corrected chi connectivity index (χ2v) is 4.22. The van der Waals surface area contributed by atoms with Crippen molar-refractivity contribution in [3.05, 3.63) is 64.7 Å². The smallest absolute Gasteiger partial charge is 0.146 e. The van der Waals surface area contributed by atoms with Crippen LogP contribution in [0, 0.1) is 5.82 Å². The minimum Gasteiger partial charge on any atom is -0.324 e. The van der Waals surface area contributed by atoms with Crippen molar-refractivity contribution in [1.29, 1.82) is 0 Å². The molecule has 0 aliphatic heterocycles. The van der Waals surface area contributed by atoms with E-state index < -0.39 is 11.9 Å². The molecule has 2 nitrogen and oxygen atoms in total. The number of benzene rings is 1. The van der Waals surface area contributed by atoms with Crippen LogP contribution in [0.3, 0.4) is 0 Å². The first kappa shape index (κ1) is 12.0. The predicted molar refractivity (Wildman–Crippen MR) is 66.3 cm³/mol. The fourth-order valence-electron chi connectivity index (χ4n) is 1.69. The van der Waals surface area contributed by atoms with Crippen LogP contribution in [0.5, 0.6) is 0 Å². The number of hydrogen-bond donors (Lipinski definition) is 1. The largest absolute Gasteiger partial charge is 0.324 e. The molecule has 1 atom stereocenters. The van der Waals surface area contributed by atoms with E-state index in [0.29, 0.717) is 12.0 Å². The SMILES string of the molecule is NC(Cc1ccncc1)c1cccc(Cl)c1F. The molecule has 2 rings (SSSR count). The molecule has 0 radical (unpaired) electrons. The Balaban J connectivity index is 2.20. The summed E-state index contributed by atoms with van der Waals surface area (Å²) in [5, 5.41) is 0.104. The summed E-state index contributed by atoms with van der Waals surface area (Å²) < 4.78 is 13.7. The van der Waals surface area contributed by atoms with Gasteiger partial charge in [0.15, 0.2) is 0 Å². The lowest BCUT2D eigenvalue weighted by molar-refractivity contribution is 0.580. The summed E-state index contributed by atoms with van der Waals surface area (Å²) in [5.74, 6) is -0.435. The normalized spacial score (nSPS) is 12.4. The molecule has 2 N–H and O–H groups in total. The molecule has 0 aliphatic rings. The van der Waals surface area contributed by atoms with E-state index in [-0.39, 0.29) is 5.02 Å². The first-order valence-corrected chi connectivity index (χ1v) is 5.64. The first-order chi connectivity index (χ1) is 8.18. The molecule has 17 heavy (non-hydrogen) atoms. The molecule has 0 aliphatic carbocycles. The van der Waals surface area contributed by atoms with Crippen LogP contribution < -0.4 is 5.73 Å². The number of nitrogens with zero attached hydrogens (tertiary/aromatic N) is 1. The Labute approximate surface area is 104 Å². The standard InChI is InChI=1S/C13H12ClFN2/c14-11-3-1-2-10(13(11)15)12(16)8-9-4-6-17-7-5-9/h1-7,12H,8,16H2. The monoisotopic (exact) mass is 250 g/mol. The number of halogens is 2. The maximum Gasteiger partial charge on any atom is 0.146 e. The molecule has 0 bridgehead atoms.